The lowest BCUT2D eigenvalue weighted by Crippen LogP contribution is -2.47. The standard InChI is InChI=1S/C29H34N2O4.C24H32N2O3/c1-4-18-15-31-11-10-21-28-24(12-20(13-27(28)35-3)19-8-6-5-7-9-19)30-29(21)25(31)14-22(18)23(17-34-2)26(33)16-32;1-5-15-12-26-8-7-17-23-19(9-14(3)10-22(23)29-4)25-24(17)20(26)11-18(15)16(6-2)21(28)13-27/h5-9,12-13,17-18,22,25,30,32H,4,10-11,14-16H2,1-3H3;6,9-10,15,18,20,25,27H,5,7-8,11-13H2,1-4H3/b23-17+;16-6+/t18-,22+,25+;15-,18+,20+/m11/s1. The molecule has 2 aromatic heterocycles. The Morgan fingerprint density at radius 3 is 1.73 bits per heavy atom. The van der Waals surface area contributed by atoms with E-state index in [1.807, 2.05) is 19.1 Å². The minimum absolute atomic E-state index is 0.0417. The Kier molecular flexibility index (Phi) is 13.8. The first-order valence-electron chi connectivity index (χ1n) is 23.2. The quantitative estimate of drug-likeness (QED) is 0.0716. The number of aromatic amines is 2. The molecule has 64 heavy (non-hydrogen) atoms. The highest BCUT2D eigenvalue weighted by molar-refractivity contribution is 5.98. The number of aliphatic hydroxyl groups is 2. The number of allylic oxidation sites excluding steroid dienone is 1. The van der Waals surface area contributed by atoms with E-state index in [-0.39, 0.29) is 35.5 Å². The molecule has 2 saturated heterocycles. The molecule has 0 saturated carbocycles. The topological polar surface area (TPSA) is 140 Å². The Morgan fingerprint density at radius 1 is 0.719 bits per heavy atom. The Bertz CT molecular complexity index is 2550. The van der Waals surface area contributed by atoms with Crippen molar-refractivity contribution < 1.29 is 34.0 Å². The normalized spacial score (nSPS) is 23.6. The second kappa shape index (κ2) is 19.5. The third-order valence-electron chi connectivity index (χ3n) is 14.9. The summed E-state index contributed by atoms with van der Waals surface area (Å²) in [6.45, 7) is 11.4. The Morgan fingerprint density at radius 2 is 1.23 bits per heavy atom. The number of H-pyrrole nitrogens is 2. The maximum Gasteiger partial charge on any atom is 0.187 e. The molecule has 2 fully saturated rings. The zero-order chi connectivity index (χ0) is 45.2. The number of carbonyl (C=O) groups excluding carboxylic acids is 2. The van der Waals surface area contributed by atoms with Gasteiger partial charge in [0.05, 0.1) is 45.2 Å². The maximum atomic E-state index is 12.6. The number of nitrogens with zero attached hydrogens (tertiary/aromatic N) is 2. The van der Waals surface area contributed by atoms with Crippen LogP contribution < -0.4 is 9.47 Å². The van der Waals surface area contributed by atoms with Gasteiger partial charge in [-0.05, 0) is 121 Å². The molecule has 11 heteroatoms. The molecule has 4 aliphatic heterocycles. The second-order valence-electron chi connectivity index (χ2n) is 18.1. The number of ketones is 2. The van der Waals surface area contributed by atoms with Gasteiger partial charge < -0.3 is 34.4 Å². The Labute approximate surface area is 377 Å². The number of aromatic nitrogens is 2. The molecule has 0 amide bonds. The molecule has 11 nitrogen and oxygen atoms in total. The van der Waals surface area contributed by atoms with Gasteiger partial charge in [-0.25, -0.2) is 0 Å². The molecule has 0 spiro atoms. The van der Waals surface area contributed by atoms with Crippen LogP contribution in [0, 0.1) is 30.6 Å². The summed E-state index contributed by atoms with van der Waals surface area (Å²) in [6, 6.07) is 19.5. The van der Waals surface area contributed by atoms with Gasteiger partial charge >= 0.3 is 0 Å². The van der Waals surface area contributed by atoms with E-state index in [4.69, 9.17) is 14.2 Å². The van der Waals surface area contributed by atoms with Gasteiger partial charge in [-0.3, -0.25) is 19.4 Å². The number of carbonyl (C=O) groups is 2. The summed E-state index contributed by atoms with van der Waals surface area (Å²) in [5.41, 5.74) is 12.3. The molecule has 9 rings (SSSR count). The number of benzene rings is 3. The van der Waals surface area contributed by atoms with E-state index in [0.29, 0.717) is 17.4 Å². The molecule has 3 aromatic carbocycles. The van der Waals surface area contributed by atoms with Crippen molar-refractivity contribution in [2.75, 3.05) is 60.7 Å². The molecular weight excluding hydrogens is 805 g/mol. The molecule has 0 radical (unpaired) electrons. The van der Waals surface area contributed by atoms with Crippen molar-refractivity contribution in [2.45, 2.75) is 78.3 Å². The van der Waals surface area contributed by atoms with Gasteiger partial charge in [0.1, 0.15) is 24.7 Å². The zero-order valence-corrected chi connectivity index (χ0v) is 38.6. The van der Waals surface area contributed by atoms with Crippen LogP contribution in [-0.2, 0) is 27.2 Å². The number of aryl methyl sites for hydroxylation is 1. The SMILES string of the molecule is C/C=C(/C(=O)CO)[C@H]1C[C@H]2c3[nH]c4cc(C)cc(OC)c4c3CCN2C[C@H]1CC.CC[C@@H]1CN2CCc3c([nH]c4cc(-c5ccccc5)cc(OC)c34)[C@@H]2C[C@@H]1/C(=C\OC)C(=O)CO. The van der Waals surface area contributed by atoms with Gasteiger partial charge in [-0.2, -0.15) is 0 Å². The minimum atomic E-state index is -0.492. The smallest absolute Gasteiger partial charge is 0.187 e. The Balaban J connectivity index is 0.000000178. The highest BCUT2D eigenvalue weighted by Crippen LogP contribution is 2.49. The molecule has 6 atom stereocenters. The van der Waals surface area contributed by atoms with E-state index >= 15 is 0 Å². The second-order valence-corrected chi connectivity index (χ2v) is 18.1. The summed E-state index contributed by atoms with van der Waals surface area (Å²) in [7, 11) is 5.04. The average Bonchev–Trinajstić information content (AvgIpc) is 3.91. The van der Waals surface area contributed by atoms with Crippen LogP contribution in [0.15, 0.2) is 78.1 Å². The monoisotopic (exact) mass is 870 g/mol. The predicted octanol–water partition coefficient (Wildman–Crippen LogP) is 8.82. The number of Topliss-reactive ketones (excluding diaryl/α,β-unsaturated/α-hetero) is 2. The van der Waals surface area contributed by atoms with Crippen molar-refractivity contribution in [1.82, 2.24) is 19.8 Å². The number of hydrogen-bond donors (Lipinski definition) is 4. The maximum absolute atomic E-state index is 12.6. The molecule has 4 aliphatic rings. The number of piperidine rings is 2. The average molecular weight is 871 g/mol. The van der Waals surface area contributed by atoms with Crippen LogP contribution in [0.4, 0.5) is 0 Å². The summed E-state index contributed by atoms with van der Waals surface area (Å²) in [6.07, 6.45) is 9.17. The van der Waals surface area contributed by atoms with Crippen molar-refractivity contribution >= 4 is 33.4 Å². The third kappa shape index (κ3) is 8.32. The van der Waals surface area contributed by atoms with Gasteiger partial charge in [0.2, 0.25) is 0 Å². The summed E-state index contributed by atoms with van der Waals surface area (Å²) >= 11 is 0. The van der Waals surface area contributed by atoms with Crippen LogP contribution in [0.5, 0.6) is 11.5 Å². The fraction of sp³-hybridized carbons (Fsp3) is 0.472. The van der Waals surface area contributed by atoms with E-state index in [2.05, 4.69) is 89.1 Å². The van der Waals surface area contributed by atoms with E-state index in [0.717, 1.165) is 109 Å². The van der Waals surface area contributed by atoms with Gasteiger partial charge in [-0.15, -0.1) is 0 Å². The molecule has 6 heterocycles. The number of rotatable bonds is 12. The lowest BCUT2D eigenvalue weighted by Gasteiger charge is -2.46. The first kappa shape index (κ1) is 45.4. The predicted molar refractivity (Wildman–Crippen MR) is 253 cm³/mol. The van der Waals surface area contributed by atoms with E-state index in [9.17, 15) is 19.8 Å². The molecule has 340 valence electrons. The fourth-order valence-electron chi connectivity index (χ4n) is 11.8. The highest BCUT2D eigenvalue weighted by Gasteiger charge is 2.44. The molecule has 0 unspecified atom stereocenters. The minimum Gasteiger partial charge on any atom is -0.504 e. The van der Waals surface area contributed by atoms with Crippen LogP contribution in [0.2, 0.25) is 0 Å². The molecule has 4 N–H and O–H groups in total. The summed E-state index contributed by atoms with van der Waals surface area (Å²) < 4.78 is 16.9. The highest BCUT2D eigenvalue weighted by atomic mass is 16.5. The largest absolute Gasteiger partial charge is 0.504 e. The van der Waals surface area contributed by atoms with Gasteiger partial charge in [-0.1, -0.05) is 63.1 Å². The zero-order valence-electron chi connectivity index (χ0n) is 38.6. The van der Waals surface area contributed by atoms with Crippen LogP contribution >= 0.6 is 0 Å². The van der Waals surface area contributed by atoms with E-state index < -0.39 is 13.2 Å². The van der Waals surface area contributed by atoms with Crippen LogP contribution in [0.25, 0.3) is 32.9 Å². The third-order valence-corrected chi connectivity index (χ3v) is 14.9. The lowest BCUT2D eigenvalue weighted by atomic mass is 9.73. The van der Waals surface area contributed by atoms with Crippen molar-refractivity contribution in [1.29, 1.82) is 0 Å². The van der Waals surface area contributed by atoms with Crippen LogP contribution in [-0.4, -0.2) is 102 Å². The number of aliphatic hydroxyl groups excluding tert-OH is 2. The number of fused-ring (bicyclic) bond motifs is 10. The van der Waals surface area contributed by atoms with Crippen molar-refractivity contribution in [3.8, 4) is 22.6 Å². The van der Waals surface area contributed by atoms with Crippen molar-refractivity contribution in [3.63, 3.8) is 0 Å². The first-order valence-corrected chi connectivity index (χ1v) is 23.2. The molecular formula is C53H66N4O7. The molecule has 5 aromatic rings. The summed E-state index contributed by atoms with van der Waals surface area (Å²) in [5.74, 6) is 2.46. The van der Waals surface area contributed by atoms with Gasteiger partial charge in [0.15, 0.2) is 11.6 Å². The van der Waals surface area contributed by atoms with Crippen molar-refractivity contribution in [2.24, 2.45) is 23.7 Å². The molecule has 0 bridgehead atoms. The van der Waals surface area contributed by atoms with Crippen molar-refractivity contribution in [3.05, 3.63) is 106 Å². The fourth-order valence-corrected chi connectivity index (χ4v) is 11.8. The van der Waals surface area contributed by atoms with Crippen LogP contribution in [0.3, 0.4) is 0 Å². The summed E-state index contributed by atoms with van der Waals surface area (Å²) in [5, 5.41) is 21.5. The summed E-state index contributed by atoms with van der Waals surface area (Å²) in [4.78, 5) is 37.7. The van der Waals surface area contributed by atoms with Crippen LogP contribution in [0.1, 0.15) is 86.6 Å². The lowest BCUT2D eigenvalue weighted by molar-refractivity contribution is -0.120. The number of hydrogen-bond acceptors (Lipinski definition) is 9. The van der Waals surface area contributed by atoms with Gasteiger partial charge in [0, 0.05) is 59.4 Å². The molecule has 0 aliphatic carbocycles. The first-order chi connectivity index (χ1) is 31.1. The number of methoxy groups -OCH3 is 3. The number of ether oxygens (including phenoxy) is 3. The Hall–Kier alpha value is -5.20. The van der Waals surface area contributed by atoms with E-state index in [1.54, 1.807) is 27.6 Å². The van der Waals surface area contributed by atoms with Gasteiger partial charge in [0.25, 0.3) is 0 Å². The number of nitrogens with one attached hydrogen (secondary N) is 2. The van der Waals surface area contributed by atoms with E-state index in [1.165, 1.54) is 33.5 Å².